The summed E-state index contributed by atoms with van der Waals surface area (Å²) in [5, 5.41) is 12.9. The van der Waals surface area contributed by atoms with E-state index in [-0.39, 0.29) is 29.1 Å². The Hall–Kier alpha value is -2.85. The van der Waals surface area contributed by atoms with Gasteiger partial charge < -0.3 is 19.4 Å². The van der Waals surface area contributed by atoms with Crippen LogP contribution in [-0.2, 0) is 34.3 Å². The molecular formula is C29H38N4O4S2. The highest BCUT2D eigenvalue weighted by Crippen LogP contribution is 2.39. The minimum atomic E-state index is -0.364. The highest BCUT2D eigenvalue weighted by atomic mass is 32.2. The lowest BCUT2D eigenvalue weighted by molar-refractivity contribution is -0.113. The van der Waals surface area contributed by atoms with Gasteiger partial charge in [-0.1, -0.05) is 44.7 Å². The number of ether oxygens (including phenoxy) is 2. The molecule has 10 heteroatoms. The molecule has 0 saturated carbocycles. The Kier molecular flexibility index (Phi) is 9.38. The molecule has 1 amide bonds. The van der Waals surface area contributed by atoms with Gasteiger partial charge in [-0.05, 0) is 75.1 Å². The number of esters is 1. The average Bonchev–Trinajstić information content (AvgIpc) is 3.48. The summed E-state index contributed by atoms with van der Waals surface area (Å²) >= 11 is 2.81. The van der Waals surface area contributed by atoms with E-state index in [1.165, 1.54) is 33.5 Å². The number of benzene rings is 1. The summed E-state index contributed by atoms with van der Waals surface area (Å²) in [6.07, 6.45) is 3.59. The van der Waals surface area contributed by atoms with Gasteiger partial charge >= 0.3 is 5.97 Å². The lowest BCUT2D eigenvalue weighted by Gasteiger charge is -2.20. The fourth-order valence-electron chi connectivity index (χ4n) is 4.66. The number of anilines is 1. The van der Waals surface area contributed by atoms with Gasteiger partial charge in [0.1, 0.15) is 10.8 Å². The molecule has 1 N–H and O–H groups in total. The molecule has 3 aromatic rings. The van der Waals surface area contributed by atoms with Crippen molar-refractivity contribution in [2.45, 2.75) is 90.4 Å². The molecule has 4 rings (SSSR count). The minimum absolute atomic E-state index is 0.0776. The zero-order chi connectivity index (χ0) is 28.2. The van der Waals surface area contributed by atoms with Crippen LogP contribution in [-0.4, -0.2) is 39.0 Å². The van der Waals surface area contributed by atoms with Crippen molar-refractivity contribution in [2.24, 2.45) is 0 Å². The molecule has 1 unspecified atom stereocenters. The van der Waals surface area contributed by atoms with E-state index in [2.05, 4.69) is 48.4 Å². The lowest BCUT2D eigenvalue weighted by Crippen LogP contribution is -2.17. The van der Waals surface area contributed by atoms with Crippen LogP contribution in [0.1, 0.15) is 92.7 Å². The Labute approximate surface area is 238 Å². The van der Waals surface area contributed by atoms with Gasteiger partial charge in [0.25, 0.3) is 0 Å². The topological polar surface area (TPSA) is 95.3 Å². The molecule has 0 saturated heterocycles. The number of rotatable bonds is 10. The number of amides is 1. The van der Waals surface area contributed by atoms with Crippen molar-refractivity contribution in [2.75, 3.05) is 17.7 Å². The number of hydrogen-bond acceptors (Lipinski definition) is 8. The Bertz CT molecular complexity index is 1310. The number of nitrogens with one attached hydrogen (secondary N) is 1. The number of hydrogen-bond donors (Lipinski definition) is 1. The lowest BCUT2D eigenvalue weighted by atomic mass is 9.87. The van der Waals surface area contributed by atoms with Crippen LogP contribution in [0.2, 0.25) is 0 Å². The van der Waals surface area contributed by atoms with Gasteiger partial charge in [-0.15, -0.1) is 21.5 Å². The molecule has 1 aromatic carbocycles. The molecule has 0 bridgehead atoms. The van der Waals surface area contributed by atoms with E-state index in [4.69, 9.17) is 9.47 Å². The molecule has 2 aromatic heterocycles. The summed E-state index contributed by atoms with van der Waals surface area (Å²) in [5.74, 6) is 1.06. The third-order valence-electron chi connectivity index (χ3n) is 6.69. The van der Waals surface area contributed by atoms with Crippen molar-refractivity contribution in [1.82, 2.24) is 14.8 Å². The van der Waals surface area contributed by atoms with Gasteiger partial charge in [0.2, 0.25) is 5.91 Å². The van der Waals surface area contributed by atoms with E-state index in [9.17, 15) is 9.59 Å². The fourth-order valence-corrected chi connectivity index (χ4v) is 6.76. The summed E-state index contributed by atoms with van der Waals surface area (Å²) in [7, 11) is 0. The third kappa shape index (κ3) is 6.84. The first-order valence-corrected chi connectivity index (χ1v) is 15.4. The number of aromatic nitrogens is 3. The Morgan fingerprint density at radius 3 is 2.51 bits per heavy atom. The average molecular weight is 571 g/mol. The van der Waals surface area contributed by atoms with Crippen LogP contribution >= 0.6 is 23.1 Å². The Morgan fingerprint density at radius 1 is 1.13 bits per heavy atom. The highest BCUT2D eigenvalue weighted by Gasteiger charge is 2.27. The van der Waals surface area contributed by atoms with Crippen molar-refractivity contribution in [1.29, 1.82) is 0 Å². The van der Waals surface area contributed by atoms with E-state index in [1.807, 2.05) is 30.5 Å². The summed E-state index contributed by atoms with van der Waals surface area (Å²) in [5.41, 5.74) is 2.88. The number of carbonyl (C=O) groups excluding carboxylic acids is 2. The van der Waals surface area contributed by atoms with Crippen LogP contribution in [0.4, 0.5) is 5.00 Å². The molecule has 39 heavy (non-hydrogen) atoms. The number of thioether (sulfide) groups is 1. The van der Waals surface area contributed by atoms with Crippen LogP contribution < -0.4 is 10.1 Å². The molecule has 0 spiro atoms. The first-order chi connectivity index (χ1) is 18.6. The zero-order valence-electron chi connectivity index (χ0n) is 23.6. The van der Waals surface area contributed by atoms with Crippen LogP contribution in [0, 0.1) is 0 Å². The first kappa shape index (κ1) is 29.1. The molecule has 2 heterocycles. The molecule has 210 valence electrons. The number of thiophene rings is 1. The second kappa shape index (κ2) is 12.6. The van der Waals surface area contributed by atoms with Crippen molar-refractivity contribution in [3.8, 4) is 5.75 Å². The van der Waals surface area contributed by atoms with Crippen molar-refractivity contribution < 1.29 is 19.1 Å². The normalized spacial score (nSPS) is 14.0. The second-order valence-electron chi connectivity index (χ2n) is 10.6. The van der Waals surface area contributed by atoms with Crippen molar-refractivity contribution >= 4 is 40.0 Å². The standard InChI is InChI=1S/C29H38N4O4S2/c1-7-33-25(18(3)37-20-15-13-19(14-16-20)29(4,5)6)31-32-28(33)38-17-23(34)30-26-24(27(35)36-8-2)21-11-9-10-12-22(21)39-26/h13-16,18H,7-12,17H2,1-6H3,(H,30,34). The van der Waals surface area contributed by atoms with E-state index < -0.39 is 0 Å². The van der Waals surface area contributed by atoms with E-state index in [0.717, 1.165) is 37.0 Å². The number of carbonyl (C=O) groups is 2. The number of aryl methyl sites for hydroxylation is 1. The Morgan fingerprint density at radius 2 is 1.85 bits per heavy atom. The third-order valence-corrected chi connectivity index (χ3v) is 8.87. The van der Waals surface area contributed by atoms with Gasteiger partial charge in [-0.25, -0.2) is 4.79 Å². The predicted molar refractivity (Wildman–Crippen MR) is 156 cm³/mol. The molecule has 1 aliphatic carbocycles. The summed E-state index contributed by atoms with van der Waals surface area (Å²) in [4.78, 5) is 26.8. The van der Waals surface area contributed by atoms with E-state index in [1.54, 1.807) is 6.92 Å². The van der Waals surface area contributed by atoms with Gasteiger partial charge in [-0.3, -0.25) is 4.79 Å². The molecule has 8 nitrogen and oxygen atoms in total. The number of nitrogens with zero attached hydrogens (tertiary/aromatic N) is 3. The van der Waals surface area contributed by atoms with E-state index >= 15 is 0 Å². The predicted octanol–water partition coefficient (Wildman–Crippen LogP) is 6.58. The van der Waals surface area contributed by atoms with Crippen LogP contribution in [0.15, 0.2) is 29.4 Å². The van der Waals surface area contributed by atoms with Gasteiger partial charge in [-0.2, -0.15) is 0 Å². The van der Waals surface area contributed by atoms with Gasteiger partial charge in [0.05, 0.1) is 17.9 Å². The van der Waals surface area contributed by atoms with Crippen LogP contribution in [0.3, 0.4) is 0 Å². The molecule has 0 radical (unpaired) electrons. The molecule has 0 fully saturated rings. The van der Waals surface area contributed by atoms with Gasteiger partial charge in [0.15, 0.2) is 17.1 Å². The van der Waals surface area contributed by atoms with Crippen LogP contribution in [0.5, 0.6) is 5.75 Å². The molecule has 0 aliphatic heterocycles. The molecule has 1 atom stereocenters. The summed E-state index contributed by atoms with van der Waals surface area (Å²) in [6, 6.07) is 8.14. The summed E-state index contributed by atoms with van der Waals surface area (Å²) < 4.78 is 13.4. The van der Waals surface area contributed by atoms with Crippen molar-refractivity contribution in [3.05, 3.63) is 51.7 Å². The maximum absolute atomic E-state index is 13.0. The largest absolute Gasteiger partial charge is 0.483 e. The molecule has 1 aliphatic rings. The maximum atomic E-state index is 13.0. The minimum Gasteiger partial charge on any atom is -0.483 e. The van der Waals surface area contributed by atoms with Crippen molar-refractivity contribution in [3.63, 3.8) is 0 Å². The molecular weight excluding hydrogens is 532 g/mol. The fraction of sp³-hybridized carbons (Fsp3) is 0.517. The van der Waals surface area contributed by atoms with Crippen LogP contribution in [0.25, 0.3) is 0 Å². The monoisotopic (exact) mass is 570 g/mol. The summed E-state index contributed by atoms with van der Waals surface area (Å²) in [6.45, 7) is 13.2. The quantitative estimate of drug-likeness (QED) is 0.217. The second-order valence-corrected chi connectivity index (χ2v) is 12.6. The van der Waals surface area contributed by atoms with Gasteiger partial charge in [0, 0.05) is 11.4 Å². The highest BCUT2D eigenvalue weighted by molar-refractivity contribution is 7.99. The van der Waals surface area contributed by atoms with E-state index in [0.29, 0.717) is 34.7 Å². The first-order valence-electron chi connectivity index (χ1n) is 13.6. The smallest absolute Gasteiger partial charge is 0.341 e. The SMILES string of the molecule is CCOC(=O)c1c(NC(=O)CSc2nnc(C(C)Oc3ccc(C(C)(C)C)cc3)n2CC)sc2c1CCCC2. The number of fused-ring (bicyclic) bond motifs is 1. The Balaban J connectivity index is 1.41. The maximum Gasteiger partial charge on any atom is 0.341 e. The zero-order valence-corrected chi connectivity index (χ0v) is 25.3.